The van der Waals surface area contributed by atoms with Gasteiger partial charge in [0.2, 0.25) is 0 Å². The van der Waals surface area contributed by atoms with Crippen molar-refractivity contribution in [2.24, 2.45) is 17.1 Å². The van der Waals surface area contributed by atoms with Gasteiger partial charge in [-0.2, -0.15) is 0 Å². The van der Waals surface area contributed by atoms with Gasteiger partial charge in [-0.3, -0.25) is 0 Å². The summed E-state index contributed by atoms with van der Waals surface area (Å²) in [6.45, 7) is 11.6. The number of benzene rings is 1. The lowest BCUT2D eigenvalue weighted by Gasteiger charge is -2.30. The van der Waals surface area contributed by atoms with Crippen LogP contribution in [0.15, 0.2) is 24.3 Å². The fourth-order valence-corrected chi connectivity index (χ4v) is 3.51. The second-order valence-electron chi connectivity index (χ2n) is 7.55. The van der Waals surface area contributed by atoms with Gasteiger partial charge in [-0.15, -0.1) is 0 Å². The van der Waals surface area contributed by atoms with Gasteiger partial charge in [0.1, 0.15) is 0 Å². The van der Waals surface area contributed by atoms with Crippen molar-refractivity contribution in [3.8, 4) is 0 Å². The minimum absolute atomic E-state index is 0.155. The summed E-state index contributed by atoms with van der Waals surface area (Å²) in [7, 11) is 0. The number of nitrogens with two attached hydrogens (primary N) is 1. The molecule has 0 saturated carbocycles. The Labute approximate surface area is 130 Å². The number of para-hydroxylation sites is 1. The van der Waals surface area contributed by atoms with Crippen LogP contribution in [-0.2, 0) is 0 Å². The van der Waals surface area contributed by atoms with Crippen molar-refractivity contribution in [2.45, 2.75) is 59.4 Å². The third-order valence-corrected chi connectivity index (χ3v) is 5.07. The van der Waals surface area contributed by atoms with Gasteiger partial charge in [-0.1, -0.05) is 45.9 Å². The zero-order valence-corrected chi connectivity index (χ0v) is 14.2. The van der Waals surface area contributed by atoms with Crippen molar-refractivity contribution < 1.29 is 0 Å². The van der Waals surface area contributed by atoms with E-state index < -0.39 is 0 Å². The van der Waals surface area contributed by atoms with Gasteiger partial charge in [0.05, 0.1) is 0 Å². The van der Waals surface area contributed by atoms with E-state index in [9.17, 15) is 0 Å². The molecule has 1 fully saturated rings. The first kappa shape index (κ1) is 16.4. The van der Waals surface area contributed by atoms with E-state index in [0.29, 0.717) is 5.41 Å². The van der Waals surface area contributed by atoms with E-state index in [0.717, 1.165) is 18.9 Å². The Morgan fingerprint density at radius 2 is 1.90 bits per heavy atom. The Kier molecular flexibility index (Phi) is 5.32. The Balaban J connectivity index is 2.16. The van der Waals surface area contributed by atoms with E-state index in [1.54, 1.807) is 0 Å². The minimum atomic E-state index is 0.155. The van der Waals surface area contributed by atoms with E-state index >= 15 is 0 Å². The highest BCUT2D eigenvalue weighted by atomic mass is 15.1. The van der Waals surface area contributed by atoms with Crippen LogP contribution in [0.5, 0.6) is 0 Å². The molecule has 2 nitrogen and oxygen atoms in total. The molecule has 1 aliphatic rings. The fourth-order valence-electron chi connectivity index (χ4n) is 3.51. The summed E-state index contributed by atoms with van der Waals surface area (Å²) in [4.78, 5) is 2.57. The third-order valence-electron chi connectivity index (χ3n) is 5.07. The lowest BCUT2D eigenvalue weighted by atomic mass is 9.77. The Morgan fingerprint density at radius 1 is 1.19 bits per heavy atom. The van der Waals surface area contributed by atoms with Gasteiger partial charge in [0.25, 0.3) is 0 Å². The molecular formula is C19H32N2. The van der Waals surface area contributed by atoms with Crippen molar-refractivity contribution >= 4 is 5.69 Å². The predicted molar refractivity (Wildman–Crippen MR) is 92.7 cm³/mol. The van der Waals surface area contributed by atoms with Crippen molar-refractivity contribution in [2.75, 3.05) is 18.0 Å². The standard InChI is InChI=1S/C19H32N2/c1-5-17(20)16-10-6-7-11-18(16)21-13-8-9-15(12-14-21)19(2,3)4/h6-7,10-11,15,17H,5,8-9,12-14,20H2,1-4H3/t15?,17-/m0/s1. The van der Waals surface area contributed by atoms with E-state index in [4.69, 9.17) is 5.73 Å². The molecule has 118 valence electrons. The molecule has 1 heterocycles. The lowest BCUT2D eigenvalue weighted by molar-refractivity contribution is 0.220. The van der Waals surface area contributed by atoms with Crippen LogP contribution < -0.4 is 10.6 Å². The molecule has 0 bridgehead atoms. The van der Waals surface area contributed by atoms with Crippen LogP contribution in [0.3, 0.4) is 0 Å². The first-order valence-electron chi connectivity index (χ1n) is 8.53. The summed E-state index contributed by atoms with van der Waals surface area (Å²) in [6, 6.07) is 8.87. The van der Waals surface area contributed by atoms with Crippen LogP contribution in [0.25, 0.3) is 0 Å². The van der Waals surface area contributed by atoms with Crippen molar-refractivity contribution in [1.29, 1.82) is 0 Å². The highest BCUT2D eigenvalue weighted by molar-refractivity contribution is 5.55. The summed E-state index contributed by atoms with van der Waals surface area (Å²) in [5.41, 5.74) is 9.41. The van der Waals surface area contributed by atoms with Gasteiger partial charge in [-0.25, -0.2) is 0 Å². The van der Waals surface area contributed by atoms with Crippen LogP contribution in [0.4, 0.5) is 5.69 Å². The number of hydrogen-bond donors (Lipinski definition) is 1. The van der Waals surface area contributed by atoms with E-state index in [2.05, 4.69) is 56.9 Å². The SMILES string of the molecule is CC[C@H](N)c1ccccc1N1CCCC(C(C)(C)C)CC1. The fraction of sp³-hybridized carbons (Fsp3) is 0.684. The monoisotopic (exact) mass is 288 g/mol. The second-order valence-corrected chi connectivity index (χ2v) is 7.55. The molecule has 1 saturated heterocycles. The first-order chi connectivity index (χ1) is 9.93. The Hall–Kier alpha value is -1.02. The maximum Gasteiger partial charge on any atom is 0.0414 e. The van der Waals surface area contributed by atoms with E-state index in [1.807, 2.05) is 0 Å². The zero-order valence-electron chi connectivity index (χ0n) is 14.2. The molecule has 2 atom stereocenters. The van der Waals surface area contributed by atoms with Gasteiger partial charge < -0.3 is 10.6 Å². The average molecular weight is 288 g/mol. The van der Waals surface area contributed by atoms with Crippen LogP contribution in [0, 0.1) is 11.3 Å². The van der Waals surface area contributed by atoms with E-state index in [1.165, 1.54) is 37.1 Å². The van der Waals surface area contributed by atoms with Crippen molar-refractivity contribution in [1.82, 2.24) is 0 Å². The van der Waals surface area contributed by atoms with Gasteiger partial charge >= 0.3 is 0 Å². The molecule has 0 aromatic heterocycles. The smallest absolute Gasteiger partial charge is 0.0414 e. The minimum Gasteiger partial charge on any atom is -0.371 e. The summed E-state index contributed by atoms with van der Waals surface area (Å²) in [5, 5.41) is 0. The van der Waals surface area contributed by atoms with Crippen LogP contribution >= 0.6 is 0 Å². The third kappa shape index (κ3) is 4.00. The molecular weight excluding hydrogens is 256 g/mol. The van der Waals surface area contributed by atoms with Crippen molar-refractivity contribution in [3.05, 3.63) is 29.8 Å². The molecule has 1 aromatic rings. The molecule has 0 radical (unpaired) electrons. The van der Waals surface area contributed by atoms with Crippen LogP contribution in [0.1, 0.15) is 65.0 Å². The largest absolute Gasteiger partial charge is 0.371 e. The molecule has 21 heavy (non-hydrogen) atoms. The average Bonchev–Trinajstić information content (AvgIpc) is 2.72. The Morgan fingerprint density at radius 3 is 2.57 bits per heavy atom. The molecule has 1 unspecified atom stereocenters. The number of rotatable bonds is 3. The molecule has 0 aliphatic carbocycles. The van der Waals surface area contributed by atoms with Crippen LogP contribution in [0.2, 0.25) is 0 Å². The maximum atomic E-state index is 6.31. The quantitative estimate of drug-likeness (QED) is 0.869. The summed E-state index contributed by atoms with van der Waals surface area (Å²) in [5.74, 6) is 0.828. The van der Waals surface area contributed by atoms with Gasteiger partial charge in [0.15, 0.2) is 0 Å². The molecule has 1 aromatic carbocycles. The maximum absolute atomic E-state index is 6.31. The highest BCUT2D eigenvalue weighted by Gasteiger charge is 2.27. The normalized spacial score (nSPS) is 22.0. The molecule has 2 heteroatoms. The molecule has 0 amide bonds. The summed E-state index contributed by atoms with van der Waals surface area (Å²) in [6.07, 6.45) is 4.92. The Bertz CT molecular complexity index is 447. The number of hydrogen-bond acceptors (Lipinski definition) is 2. The van der Waals surface area contributed by atoms with Crippen LogP contribution in [-0.4, -0.2) is 13.1 Å². The summed E-state index contributed by atoms with van der Waals surface area (Å²) >= 11 is 0. The predicted octanol–water partition coefficient (Wildman–Crippen LogP) is 4.75. The van der Waals surface area contributed by atoms with Gasteiger partial charge in [0, 0.05) is 24.8 Å². The molecule has 2 rings (SSSR count). The highest BCUT2D eigenvalue weighted by Crippen LogP contribution is 2.36. The van der Waals surface area contributed by atoms with Crippen molar-refractivity contribution in [3.63, 3.8) is 0 Å². The molecule has 2 N–H and O–H groups in total. The molecule has 0 spiro atoms. The topological polar surface area (TPSA) is 29.3 Å². The summed E-state index contributed by atoms with van der Waals surface area (Å²) < 4.78 is 0. The number of anilines is 1. The molecule has 1 aliphatic heterocycles. The zero-order chi connectivity index (χ0) is 15.5. The lowest BCUT2D eigenvalue weighted by Crippen LogP contribution is -2.28. The second kappa shape index (κ2) is 6.83. The van der Waals surface area contributed by atoms with Gasteiger partial charge in [-0.05, 0) is 48.6 Å². The number of nitrogens with zero attached hydrogens (tertiary/aromatic N) is 1. The first-order valence-corrected chi connectivity index (χ1v) is 8.53. The van der Waals surface area contributed by atoms with E-state index in [-0.39, 0.29) is 6.04 Å².